The molecule has 1 aromatic rings. The van der Waals surface area contributed by atoms with Gasteiger partial charge in [-0.3, -0.25) is 0 Å². The second-order valence-corrected chi connectivity index (χ2v) is 5.91. The van der Waals surface area contributed by atoms with Crippen LogP contribution in [0.3, 0.4) is 0 Å². The predicted octanol–water partition coefficient (Wildman–Crippen LogP) is 3.66. The van der Waals surface area contributed by atoms with Gasteiger partial charge < -0.3 is 15.8 Å². The molecule has 3 nitrogen and oxygen atoms in total. The second-order valence-electron chi connectivity index (χ2n) is 5.50. The highest BCUT2D eigenvalue weighted by Gasteiger charge is 2.22. The summed E-state index contributed by atoms with van der Waals surface area (Å²) in [4.78, 5) is 0. The smallest absolute Gasteiger partial charge is 0.125 e. The van der Waals surface area contributed by atoms with E-state index in [-0.39, 0.29) is 6.04 Å². The average Bonchev–Trinajstić information content (AvgIpc) is 2.73. The molecule has 1 atom stereocenters. The minimum Gasteiger partial charge on any atom is -0.496 e. The Kier molecular flexibility index (Phi) is 6.14. The molecule has 20 heavy (non-hydrogen) atoms. The zero-order chi connectivity index (χ0) is 14.4. The number of nitrogens with two attached hydrogens (primary N) is 1. The van der Waals surface area contributed by atoms with E-state index >= 15 is 0 Å². The van der Waals surface area contributed by atoms with Gasteiger partial charge in [-0.2, -0.15) is 0 Å². The van der Waals surface area contributed by atoms with E-state index in [4.69, 9.17) is 22.1 Å². The fourth-order valence-electron chi connectivity index (χ4n) is 3.03. The van der Waals surface area contributed by atoms with Gasteiger partial charge >= 0.3 is 0 Å². The fraction of sp³-hybridized carbons (Fsp3) is 0.625. The van der Waals surface area contributed by atoms with Crippen LogP contribution in [0.1, 0.15) is 50.1 Å². The summed E-state index contributed by atoms with van der Waals surface area (Å²) in [5.74, 6) is 0.814. The average molecular weight is 297 g/mol. The lowest BCUT2D eigenvalue weighted by Gasteiger charge is -2.26. The largest absolute Gasteiger partial charge is 0.496 e. The van der Waals surface area contributed by atoms with Crippen molar-refractivity contribution in [2.45, 2.75) is 50.6 Å². The molecule has 1 aliphatic carbocycles. The molecule has 1 unspecified atom stereocenters. The van der Waals surface area contributed by atoms with Crippen LogP contribution < -0.4 is 15.8 Å². The van der Waals surface area contributed by atoms with Crippen LogP contribution in [-0.2, 0) is 0 Å². The highest BCUT2D eigenvalue weighted by Crippen LogP contribution is 2.32. The molecule has 0 heterocycles. The lowest BCUT2D eigenvalue weighted by atomic mass is 10.0. The molecular formula is C16H25ClN2O. The van der Waals surface area contributed by atoms with E-state index in [1.165, 1.54) is 38.5 Å². The summed E-state index contributed by atoms with van der Waals surface area (Å²) >= 11 is 6.36. The molecule has 0 bridgehead atoms. The van der Waals surface area contributed by atoms with Crippen molar-refractivity contribution >= 4 is 11.6 Å². The lowest BCUT2D eigenvalue weighted by Crippen LogP contribution is -2.36. The Bertz CT molecular complexity index is 417. The summed E-state index contributed by atoms with van der Waals surface area (Å²) in [5, 5.41) is 4.41. The molecule has 2 rings (SSSR count). The molecule has 0 spiro atoms. The van der Waals surface area contributed by atoms with Crippen molar-refractivity contribution in [3.05, 3.63) is 28.8 Å². The van der Waals surface area contributed by atoms with Crippen LogP contribution in [0.4, 0.5) is 0 Å². The first-order valence-electron chi connectivity index (χ1n) is 7.54. The first-order valence-corrected chi connectivity index (χ1v) is 7.92. The normalized spacial score (nSPS) is 18.6. The van der Waals surface area contributed by atoms with Crippen LogP contribution in [-0.4, -0.2) is 19.7 Å². The number of ether oxygens (including phenoxy) is 1. The van der Waals surface area contributed by atoms with E-state index in [2.05, 4.69) is 5.32 Å². The third-order valence-corrected chi connectivity index (χ3v) is 4.44. The van der Waals surface area contributed by atoms with E-state index in [1.54, 1.807) is 7.11 Å². The summed E-state index contributed by atoms with van der Waals surface area (Å²) < 4.78 is 5.44. The van der Waals surface area contributed by atoms with Gasteiger partial charge in [0.25, 0.3) is 0 Å². The third kappa shape index (κ3) is 3.87. The van der Waals surface area contributed by atoms with Gasteiger partial charge in [0, 0.05) is 29.2 Å². The van der Waals surface area contributed by atoms with Crippen LogP contribution in [0.2, 0.25) is 5.02 Å². The lowest BCUT2D eigenvalue weighted by molar-refractivity contribution is 0.374. The molecule has 0 aliphatic heterocycles. The van der Waals surface area contributed by atoms with Gasteiger partial charge in [-0.05, 0) is 25.0 Å². The number of rotatable bonds is 5. The SMILES string of the molecule is COc1cccc(Cl)c1C(CN)NC1CCCCCC1. The number of hydrogen-bond acceptors (Lipinski definition) is 3. The van der Waals surface area contributed by atoms with E-state index in [0.717, 1.165) is 16.3 Å². The van der Waals surface area contributed by atoms with Crippen LogP contribution in [0.15, 0.2) is 18.2 Å². The van der Waals surface area contributed by atoms with E-state index < -0.39 is 0 Å². The molecule has 0 saturated heterocycles. The fourth-order valence-corrected chi connectivity index (χ4v) is 3.33. The molecule has 1 aliphatic rings. The van der Waals surface area contributed by atoms with Gasteiger partial charge in [0.1, 0.15) is 5.75 Å². The molecule has 3 N–H and O–H groups in total. The highest BCUT2D eigenvalue weighted by atomic mass is 35.5. The van der Waals surface area contributed by atoms with Crippen molar-refractivity contribution in [3.63, 3.8) is 0 Å². The minimum absolute atomic E-state index is 0.0572. The number of benzene rings is 1. The predicted molar refractivity (Wildman–Crippen MR) is 84.4 cm³/mol. The van der Waals surface area contributed by atoms with Crippen LogP contribution in [0.25, 0.3) is 0 Å². The minimum atomic E-state index is 0.0572. The van der Waals surface area contributed by atoms with Crippen LogP contribution in [0.5, 0.6) is 5.75 Å². The zero-order valence-electron chi connectivity index (χ0n) is 12.2. The molecular weight excluding hydrogens is 272 g/mol. The number of methoxy groups -OCH3 is 1. The van der Waals surface area contributed by atoms with Crippen molar-refractivity contribution in [1.82, 2.24) is 5.32 Å². The molecule has 1 aromatic carbocycles. The first-order chi connectivity index (χ1) is 9.76. The van der Waals surface area contributed by atoms with Crippen LogP contribution in [0, 0.1) is 0 Å². The topological polar surface area (TPSA) is 47.3 Å². The summed E-state index contributed by atoms with van der Waals surface area (Å²) in [5.41, 5.74) is 6.97. The van der Waals surface area contributed by atoms with Gasteiger partial charge in [0.15, 0.2) is 0 Å². The van der Waals surface area contributed by atoms with Gasteiger partial charge in [0.05, 0.1) is 7.11 Å². The summed E-state index contributed by atoms with van der Waals surface area (Å²) in [6.07, 6.45) is 7.75. The van der Waals surface area contributed by atoms with Gasteiger partial charge in [-0.15, -0.1) is 0 Å². The van der Waals surface area contributed by atoms with Crippen molar-refractivity contribution < 1.29 is 4.74 Å². The third-order valence-electron chi connectivity index (χ3n) is 4.11. The van der Waals surface area contributed by atoms with Crippen molar-refractivity contribution in [1.29, 1.82) is 0 Å². The quantitative estimate of drug-likeness (QED) is 0.815. The zero-order valence-corrected chi connectivity index (χ0v) is 13.0. The Balaban J connectivity index is 2.15. The Hall–Kier alpha value is -0.770. The highest BCUT2D eigenvalue weighted by molar-refractivity contribution is 6.31. The summed E-state index contributed by atoms with van der Waals surface area (Å²) in [7, 11) is 1.67. The summed E-state index contributed by atoms with van der Waals surface area (Å²) in [6, 6.07) is 6.34. The van der Waals surface area contributed by atoms with Crippen molar-refractivity contribution in [2.75, 3.05) is 13.7 Å². The monoisotopic (exact) mass is 296 g/mol. The number of hydrogen-bond donors (Lipinski definition) is 2. The number of halogens is 1. The molecule has 4 heteroatoms. The first kappa shape index (κ1) is 15.6. The van der Waals surface area contributed by atoms with E-state index in [1.807, 2.05) is 18.2 Å². The Labute approximate surface area is 126 Å². The molecule has 0 amide bonds. The van der Waals surface area contributed by atoms with Crippen LogP contribution >= 0.6 is 11.6 Å². The Morgan fingerprint density at radius 2 is 2.00 bits per heavy atom. The molecule has 1 fully saturated rings. The van der Waals surface area contributed by atoms with Gasteiger partial charge in [0.2, 0.25) is 0 Å². The second kappa shape index (κ2) is 7.87. The standard InChI is InChI=1S/C16H25ClN2O/c1-20-15-10-6-9-13(17)16(15)14(11-18)19-12-7-4-2-3-5-8-12/h6,9-10,12,14,19H,2-5,7-8,11,18H2,1H3. The van der Waals surface area contributed by atoms with E-state index in [9.17, 15) is 0 Å². The molecule has 112 valence electrons. The van der Waals surface area contributed by atoms with Gasteiger partial charge in [-0.25, -0.2) is 0 Å². The van der Waals surface area contributed by atoms with E-state index in [0.29, 0.717) is 12.6 Å². The molecule has 1 saturated carbocycles. The maximum Gasteiger partial charge on any atom is 0.125 e. The van der Waals surface area contributed by atoms with Crippen molar-refractivity contribution in [2.24, 2.45) is 5.73 Å². The van der Waals surface area contributed by atoms with Gasteiger partial charge in [-0.1, -0.05) is 43.4 Å². The number of nitrogens with one attached hydrogen (secondary N) is 1. The van der Waals surface area contributed by atoms with Crippen molar-refractivity contribution in [3.8, 4) is 5.75 Å². The maximum atomic E-state index is 6.36. The summed E-state index contributed by atoms with van der Waals surface area (Å²) in [6.45, 7) is 0.524. The molecule has 0 aromatic heterocycles. The Morgan fingerprint density at radius 3 is 2.60 bits per heavy atom. The molecule has 0 radical (unpaired) electrons. The Morgan fingerprint density at radius 1 is 1.30 bits per heavy atom. The maximum absolute atomic E-state index is 6.36.